The molecule has 1 aromatic rings. The smallest absolute Gasteiger partial charge is 0.336 e. The van der Waals surface area contributed by atoms with Gasteiger partial charge in [-0.2, -0.15) is 0 Å². The Morgan fingerprint density at radius 2 is 2.06 bits per heavy atom. The zero-order valence-corrected chi connectivity index (χ0v) is 11.2. The van der Waals surface area contributed by atoms with Gasteiger partial charge in [0.1, 0.15) is 0 Å². The first-order chi connectivity index (χ1) is 8.49. The Kier molecular flexibility index (Phi) is 3.60. The summed E-state index contributed by atoms with van der Waals surface area (Å²) in [6, 6.07) is 5.92. The van der Waals surface area contributed by atoms with E-state index in [0.717, 1.165) is 23.1 Å². The van der Waals surface area contributed by atoms with E-state index >= 15 is 0 Å². The van der Waals surface area contributed by atoms with Crippen molar-refractivity contribution in [1.82, 2.24) is 0 Å². The molecule has 0 saturated heterocycles. The lowest BCUT2D eigenvalue weighted by Crippen LogP contribution is -2.38. The van der Waals surface area contributed by atoms with Gasteiger partial charge in [0.05, 0.1) is 5.56 Å². The highest BCUT2D eigenvalue weighted by molar-refractivity contribution is 5.91. The number of hydrogen-bond acceptors (Lipinski definition) is 2. The molecule has 2 N–H and O–H groups in total. The molecule has 0 amide bonds. The van der Waals surface area contributed by atoms with Crippen LogP contribution in [0.2, 0.25) is 0 Å². The van der Waals surface area contributed by atoms with Crippen molar-refractivity contribution in [3.05, 3.63) is 29.3 Å². The minimum Gasteiger partial charge on any atom is -0.478 e. The predicted octanol–water partition coefficient (Wildman–Crippen LogP) is 3.54. The Morgan fingerprint density at radius 3 is 2.61 bits per heavy atom. The molecule has 2 rings (SSSR count). The number of nitrogens with one attached hydrogen (secondary N) is 1. The van der Waals surface area contributed by atoms with Crippen LogP contribution in [0.15, 0.2) is 18.2 Å². The van der Waals surface area contributed by atoms with Crippen LogP contribution in [0.4, 0.5) is 5.69 Å². The Labute approximate surface area is 108 Å². The summed E-state index contributed by atoms with van der Waals surface area (Å²) >= 11 is 0. The predicted molar refractivity (Wildman–Crippen MR) is 73.1 cm³/mol. The first-order valence-corrected chi connectivity index (χ1v) is 6.58. The summed E-state index contributed by atoms with van der Waals surface area (Å²) in [4.78, 5) is 11.1. The van der Waals surface area contributed by atoms with E-state index in [9.17, 15) is 4.79 Å². The Hall–Kier alpha value is -1.51. The van der Waals surface area contributed by atoms with Gasteiger partial charge in [0.2, 0.25) is 0 Å². The third-order valence-corrected chi connectivity index (χ3v) is 4.04. The summed E-state index contributed by atoms with van der Waals surface area (Å²) in [5.74, 6) is 0.699. The van der Waals surface area contributed by atoms with Crippen molar-refractivity contribution in [2.24, 2.45) is 11.8 Å². The van der Waals surface area contributed by atoms with E-state index in [1.807, 2.05) is 13.0 Å². The maximum Gasteiger partial charge on any atom is 0.336 e. The van der Waals surface area contributed by atoms with Crippen molar-refractivity contribution < 1.29 is 9.90 Å². The van der Waals surface area contributed by atoms with Gasteiger partial charge in [0.15, 0.2) is 0 Å². The number of carboxylic acids is 1. The molecule has 0 aromatic heterocycles. The van der Waals surface area contributed by atoms with Gasteiger partial charge in [-0.3, -0.25) is 0 Å². The van der Waals surface area contributed by atoms with Crippen LogP contribution < -0.4 is 5.32 Å². The highest BCUT2D eigenvalue weighted by Crippen LogP contribution is 2.36. The summed E-state index contributed by atoms with van der Waals surface area (Å²) in [5, 5.41) is 12.5. The maximum atomic E-state index is 11.1. The normalized spacial score (nSPS) is 22.7. The van der Waals surface area contributed by atoms with Crippen molar-refractivity contribution in [3.8, 4) is 0 Å². The molecular weight excluding hydrogens is 226 g/mol. The van der Waals surface area contributed by atoms with Gasteiger partial charge in [-0.1, -0.05) is 19.9 Å². The summed E-state index contributed by atoms with van der Waals surface area (Å²) in [5.41, 5.74) is 2.18. The number of carboxylic acid groups (broad SMARTS) is 1. The van der Waals surface area contributed by atoms with E-state index in [0.29, 0.717) is 11.6 Å². The van der Waals surface area contributed by atoms with Crippen LogP contribution in [-0.4, -0.2) is 17.1 Å². The van der Waals surface area contributed by atoms with E-state index < -0.39 is 5.97 Å². The first-order valence-electron chi connectivity index (χ1n) is 6.58. The van der Waals surface area contributed by atoms with Crippen molar-refractivity contribution >= 4 is 11.7 Å². The quantitative estimate of drug-likeness (QED) is 0.855. The van der Waals surface area contributed by atoms with Crippen LogP contribution >= 0.6 is 0 Å². The maximum absolute atomic E-state index is 11.1. The van der Waals surface area contributed by atoms with Gasteiger partial charge in [-0.05, 0) is 49.3 Å². The minimum atomic E-state index is -0.857. The molecule has 3 heteroatoms. The van der Waals surface area contributed by atoms with Crippen molar-refractivity contribution in [2.45, 2.75) is 39.7 Å². The molecule has 18 heavy (non-hydrogen) atoms. The molecule has 1 aliphatic carbocycles. The number of anilines is 1. The van der Waals surface area contributed by atoms with Crippen LogP contribution in [0.25, 0.3) is 0 Å². The molecule has 0 bridgehead atoms. The summed E-state index contributed by atoms with van der Waals surface area (Å²) < 4.78 is 0. The molecule has 98 valence electrons. The average molecular weight is 247 g/mol. The summed E-state index contributed by atoms with van der Waals surface area (Å²) in [7, 11) is 0. The van der Waals surface area contributed by atoms with E-state index in [4.69, 9.17) is 5.11 Å². The SMILES string of the molecule is Cc1c(NC2CC(C(C)C)C2)cccc1C(=O)O. The van der Waals surface area contributed by atoms with Crippen LogP contribution in [0.1, 0.15) is 42.6 Å². The minimum absolute atomic E-state index is 0.389. The fraction of sp³-hybridized carbons (Fsp3) is 0.533. The molecule has 1 aromatic carbocycles. The molecule has 1 saturated carbocycles. The van der Waals surface area contributed by atoms with Gasteiger partial charge < -0.3 is 10.4 Å². The van der Waals surface area contributed by atoms with Gasteiger partial charge in [0, 0.05) is 11.7 Å². The highest BCUT2D eigenvalue weighted by atomic mass is 16.4. The lowest BCUT2D eigenvalue weighted by atomic mass is 9.73. The fourth-order valence-electron chi connectivity index (χ4n) is 2.57. The lowest BCUT2D eigenvalue weighted by molar-refractivity contribution is 0.0696. The van der Waals surface area contributed by atoms with Crippen LogP contribution in [0.3, 0.4) is 0 Å². The van der Waals surface area contributed by atoms with E-state index in [-0.39, 0.29) is 0 Å². The van der Waals surface area contributed by atoms with Crippen LogP contribution in [0, 0.1) is 18.8 Å². The number of aromatic carboxylic acids is 1. The Bertz CT molecular complexity index is 448. The third-order valence-electron chi connectivity index (χ3n) is 4.04. The molecule has 0 atom stereocenters. The van der Waals surface area contributed by atoms with E-state index in [1.54, 1.807) is 12.1 Å². The molecule has 3 nitrogen and oxygen atoms in total. The highest BCUT2D eigenvalue weighted by Gasteiger charge is 2.31. The molecular formula is C15H21NO2. The Morgan fingerprint density at radius 1 is 1.39 bits per heavy atom. The van der Waals surface area contributed by atoms with Crippen molar-refractivity contribution in [2.75, 3.05) is 5.32 Å². The second-order valence-corrected chi connectivity index (χ2v) is 5.60. The molecule has 0 spiro atoms. The molecule has 0 unspecified atom stereocenters. The molecule has 1 aliphatic rings. The van der Waals surface area contributed by atoms with Gasteiger partial charge >= 0.3 is 5.97 Å². The van der Waals surface area contributed by atoms with Gasteiger partial charge in [0.25, 0.3) is 0 Å². The zero-order chi connectivity index (χ0) is 13.3. The van der Waals surface area contributed by atoms with Crippen LogP contribution in [0.5, 0.6) is 0 Å². The molecule has 0 radical (unpaired) electrons. The molecule has 0 aliphatic heterocycles. The average Bonchev–Trinajstić information content (AvgIpc) is 2.23. The largest absolute Gasteiger partial charge is 0.478 e. The standard InChI is InChI=1S/C15H21NO2/c1-9(2)11-7-12(8-11)16-14-6-4-5-13(10(14)3)15(17)18/h4-6,9,11-12,16H,7-8H2,1-3H3,(H,17,18). The second-order valence-electron chi connectivity index (χ2n) is 5.60. The van der Waals surface area contributed by atoms with Crippen LogP contribution in [-0.2, 0) is 0 Å². The topological polar surface area (TPSA) is 49.3 Å². The Balaban J connectivity index is 2.03. The first kappa shape index (κ1) is 12.9. The van der Waals surface area contributed by atoms with Gasteiger partial charge in [-0.25, -0.2) is 4.79 Å². The number of carbonyl (C=O) groups is 1. The number of hydrogen-bond donors (Lipinski definition) is 2. The van der Waals surface area contributed by atoms with E-state index in [2.05, 4.69) is 19.2 Å². The monoisotopic (exact) mass is 247 g/mol. The summed E-state index contributed by atoms with van der Waals surface area (Å²) in [6.45, 7) is 6.39. The van der Waals surface area contributed by atoms with Gasteiger partial charge in [-0.15, -0.1) is 0 Å². The lowest BCUT2D eigenvalue weighted by Gasteiger charge is -2.39. The molecule has 0 heterocycles. The van der Waals surface area contributed by atoms with E-state index in [1.165, 1.54) is 12.8 Å². The van der Waals surface area contributed by atoms with Crippen molar-refractivity contribution in [1.29, 1.82) is 0 Å². The second kappa shape index (κ2) is 5.01. The zero-order valence-electron chi connectivity index (χ0n) is 11.2. The fourth-order valence-corrected chi connectivity index (χ4v) is 2.57. The number of rotatable bonds is 4. The molecule has 1 fully saturated rings. The third kappa shape index (κ3) is 2.50. The number of benzene rings is 1. The van der Waals surface area contributed by atoms with Crippen molar-refractivity contribution in [3.63, 3.8) is 0 Å². The summed E-state index contributed by atoms with van der Waals surface area (Å²) in [6.07, 6.45) is 2.38.